The number of rotatable bonds is 6. The number of hydrogen-bond acceptors (Lipinski definition) is 5. The molecule has 4 rings (SSSR count). The average Bonchev–Trinajstić information content (AvgIpc) is 3.15. The molecule has 7 heteroatoms. The van der Waals surface area contributed by atoms with Crippen LogP contribution in [0.1, 0.15) is 11.1 Å². The lowest BCUT2D eigenvalue weighted by Gasteiger charge is -2.29. The zero-order chi connectivity index (χ0) is 21.8. The van der Waals surface area contributed by atoms with Crippen molar-refractivity contribution < 1.29 is 9.53 Å². The summed E-state index contributed by atoms with van der Waals surface area (Å²) < 4.78 is 8.07. The predicted octanol–water partition coefficient (Wildman–Crippen LogP) is 4.75. The van der Waals surface area contributed by atoms with E-state index in [0.29, 0.717) is 10.5 Å². The van der Waals surface area contributed by atoms with E-state index in [1.54, 1.807) is 4.90 Å². The Morgan fingerprint density at radius 1 is 1.10 bits per heavy atom. The number of morpholine rings is 1. The van der Waals surface area contributed by atoms with Gasteiger partial charge in [-0.2, -0.15) is 0 Å². The fourth-order valence-electron chi connectivity index (χ4n) is 3.68. The van der Waals surface area contributed by atoms with E-state index >= 15 is 0 Å². The van der Waals surface area contributed by atoms with Crippen molar-refractivity contribution in [1.82, 2.24) is 9.47 Å². The molecule has 0 unspecified atom stereocenters. The van der Waals surface area contributed by atoms with Crippen molar-refractivity contribution in [3.05, 3.63) is 69.0 Å². The summed E-state index contributed by atoms with van der Waals surface area (Å²) in [7, 11) is 1.85. The van der Waals surface area contributed by atoms with Gasteiger partial charge in [0, 0.05) is 37.7 Å². The normalized spacial score (nSPS) is 13.9. The highest BCUT2D eigenvalue weighted by atomic mass is 32.1. The summed E-state index contributed by atoms with van der Waals surface area (Å²) in [6.45, 7) is 6.26. The molecule has 1 saturated heterocycles. The monoisotopic (exact) mass is 453 g/mol. The Hall–Kier alpha value is -2.48. The molecule has 1 aliphatic heterocycles. The molecule has 3 aromatic rings. The van der Waals surface area contributed by atoms with Gasteiger partial charge >= 0.3 is 0 Å². The van der Waals surface area contributed by atoms with Crippen molar-refractivity contribution in [2.45, 2.75) is 20.0 Å². The van der Waals surface area contributed by atoms with E-state index in [9.17, 15) is 4.79 Å². The van der Waals surface area contributed by atoms with Gasteiger partial charge in [-0.15, -0.1) is 11.3 Å². The van der Waals surface area contributed by atoms with E-state index in [-0.39, 0.29) is 12.5 Å². The Morgan fingerprint density at radius 2 is 1.77 bits per heavy atom. The first-order chi connectivity index (χ1) is 15.0. The van der Waals surface area contributed by atoms with Gasteiger partial charge in [-0.3, -0.25) is 4.79 Å². The lowest BCUT2D eigenvalue weighted by Crippen LogP contribution is -2.36. The molecule has 1 aliphatic rings. The highest BCUT2D eigenvalue weighted by molar-refractivity contribution is 7.73. The van der Waals surface area contributed by atoms with Crippen molar-refractivity contribution in [3.63, 3.8) is 0 Å². The summed E-state index contributed by atoms with van der Waals surface area (Å²) in [5, 5.41) is 2.03. The molecule has 1 amide bonds. The van der Waals surface area contributed by atoms with Crippen molar-refractivity contribution in [2.24, 2.45) is 0 Å². The fourth-order valence-corrected chi connectivity index (χ4v) is 4.75. The number of carbonyl (C=O) groups is 1. The molecular weight excluding hydrogens is 426 g/mol. The van der Waals surface area contributed by atoms with E-state index in [2.05, 4.69) is 60.4 Å². The molecule has 162 valence electrons. The number of aromatic nitrogens is 1. The highest BCUT2D eigenvalue weighted by Gasteiger charge is 2.15. The fraction of sp³-hybridized carbons (Fsp3) is 0.333. The van der Waals surface area contributed by atoms with Crippen LogP contribution in [0.5, 0.6) is 0 Å². The Labute approximate surface area is 192 Å². The third-order valence-corrected chi connectivity index (χ3v) is 6.85. The van der Waals surface area contributed by atoms with Crippen molar-refractivity contribution in [1.29, 1.82) is 0 Å². The number of carbonyl (C=O) groups excluding carboxylic acids is 1. The van der Waals surface area contributed by atoms with Gasteiger partial charge in [0.15, 0.2) is 3.95 Å². The first kappa shape index (κ1) is 21.7. The van der Waals surface area contributed by atoms with Gasteiger partial charge in [0.1, 0.15) is 6.54 Å². The van der Waals surface area contributed by atoms with E-state index in [0.717, 1.165) is 43.1 Å². The summed E-state index contributed by atoms with van der Waals surface area (Å²) in [6.07, 6.45) is 0. The van der Waals surface area contributed by atoms with Crippen LogP contribution in [-0.2, 0) is 22.6 Å². The minimum Gasteiger partial charge on any atom is -0.378 e. The van der Waals surface area contributed by atoms with Gasteiger partial charge in [0.2, 0.25) is 5.91 Å². The number of benzene rings is 2. The second kappa shape index (κ2) is 9.77. The Kier molecular flexibility index (Phi) is 6.85. The smallest absolute Gasteiger partial charge is 0.242 e. The summed E-state index contributed by atoms with van der Waals surface area (Å²) in [5.74, 6) is 0.0418. The average molecular weight is 454 g/mol. The van der Waals surface area contributed by atoms with Gasteiger partial charge in [-0.1, -0.05) is 42.0 Å². The lowest BCUT2D eigenvalue weighted by molar-refractivity contribution is -0.131. The van der Waals surface area contributed by atoms with E-state index in [1.807, 2.05) is 17.0 Å². The van der Waals surface area contributed by atoms with Crippen LogP contribution in [0.15, 0.2) is 53.9 Å². The number of nitrogens with zero attached hydrogens (tertiary/aromatic N) is 3. The topological polar surface area (TPSA) is 37.7 Å². The molecule has 0 bridgehead atoms. The van der Waals surface area contributed by atoms with Crippen LogP contribution in [0.25, 0.3) is 11.3 Å². The van der Waals surface area contributed by atoms with E-state index in [4.69, 9.17) is 17.0 Å². The standard InChI is InChI=1S/C24H27N3O2S2/c1-18-3-7-20(8-4-18)22-17-31-24(30)27(22)16-23(28)25(2)15-19-5-9-21(10-6-19)26-11-13-29-14-12-26/h3-10,17H,11-16H2,1-2H3. The minimum absolute atomic E-state index is 0.0418. The molecule has 0 spiro atoms. The molecule has 2 aromatic carbocycles. The van der Waals surface area contributed by atoms with E-state index < -0.39 is 0 Å². The lowest BCUT2D eigenvalue weighted by atomic mass is 10.1. The van der Waals surface area contributed by atoms with Gasteiger partial charge in [-0.05, 0) is 42.4 Å². The number of amides is 1. The number of thiazole rings is 1. The van der Waals surface area contributed by atoms with Gasteiger partial charge < -0.3 is 19.1 Å². The Bertz CT molecular complexity index is 1080. The molecule has 0 radical (unpaired) electrons. The molecule has 0 atom stereocenters. The van der Waals surface area contributed by atoms with Crippen molar-refractivity contribution in [3.8, 4) is 11.3 Å². The van der Waals surface area contributed by atoms with Gasteiger partial charge in [0.05, 0.1) is 18.9 Å². The molecule has 0 aliphatic carbocycles. The maximum absolute atomic E-state index is 13.0. The van der Waals surface area contributed by atoms with Crippen LogP contribution in [0.4, 0.5) is 5.69 Å². The molecule has 0 saturated carbocycles. The molecule has 31 heavy (non-hydrogen) atoms. The quantitative estimate of drug-likeness (QED) is 0.505. The Morgan fingerprint density at radius 3 is 2.45 bits per heavy atom. The summed E-state index contributed by atoms with van der Waals surface area (Å²) in [4.78, 5) is 17.1. The molecule has 1 fully saturated rings. The Balaban J connectivity index is 1.42. The number of ether oxygens (including phenoxy) is 1. The third-order valence-electron chi connectivity index (χ3n) is 5.58. The second-order valence-electron chi connectivity index (χ2n) is 7.85. The first-order valence-electron chi connectivity index (χ1n) is 10.4. The van der Waals surface area contributed by atoms with Gasteiger partial charge in [-0.25, -0.2) is 0 Å². The molecular formula is C24H27N3O2S2. The van der Waals surface area contributed by atoms with Crippen LogP contribution in [-0.4, -0.2) is 48.7 Å². The zero-order valence-electron chi connectivity index (χ0n) is 17.9. The van der Waals surface area contributed by atoms with Crippen LogP contribution >= 0.6 is 23.6 Å². The molecule has 0 N–H and O–H groups in total. The maximum atomic E-state index is 13.0. The maximum Gasteiger partial charge on any atom is 0.242 e. The van der Waals surface area contributed by atoms with Crippen LogP contribution in [0.2, 0.25) is 0 Å². The zero-order valence-corrected chi connectivity index (χ0v) is 19.5. The van der Waals surface area contributed by atoms with Crippen LogP contribution < -0.4 is 4.90 Å². The largest absolute Gasteiger partial charge is 0.378 e. The highest BCUT2D eigenvalue weighted by Crippen LogP contribution is 2.25. The second-order valence-corrected chi connectivity index (χ2v) is 9.36. The minimum atomic E-state index is 0.0418. The predicted molar refractivity (Wildman–Crippen MR) is 129 cm³/mol. The van der Waals surface area contributed by atoms with Crippen LogP contribution in [0, 0.1) is 10.9 Å². The molecule has 1 aromatic heterocycles. The number of anilines is 1. The summed E-state index contributed by atoms with van der Waals surface area (Å²) in [5.41, 5.74) is 5.59. The van der Waals surface area contributed by atoms with Crippen LogP contribution in [0.3, 0.4) is 0 Å². The number of aryl methyl sites for hydroxylation is 1. The third kappa shape index (κ3) is 5.23. The molecule has 5 nitrogen and oxygen atoms in total. The molecule has 2 heterocycles. The summed E-state index contributed by atoms with van der Waals surface area (Å²) in [6, 6.07) is 16.8. The van der Waals surface area contributed by atoms with E-state index in [1.165, 1.54) is 22.6 Å². The number of likely N-dealkylation sites (N-methyl/N-ethyl adjacent to an activating group) is 1. The van der Waals surface area contributed by atoms with Crippen molar-refractivity contribution >= 4 is 35.1 Å². The van der Waals surface area contributed by atoms with Crippen molar-refractivity contribution in [2.75, 3.05) is 38.3 Å². The first-order valence-corrected chi connectivity index (χ1v) is 11.7. The number of hydrogen-bond donors (Lipinski definition) is 0. The summed E-state index contributed by atoms with van der Waals surface area (Å²) >= 11 is 7.00. The SMILES string of the molecule is Cc1ccc(-c2csc(=S)n2CC(=O)N(C)Cc2ccc(N3CCOCC3)cc2)cc1. The van der Waals surface area contributed by atoms with Gasteiger partial charge in [0.25, 0.3) is 0 Å².